The van der Waals surface area contributed by atoms with Gasteiger partial charge in [0.1, 0.15) is 18.2 Å². The van der Waals surface area contributed by atoms with E-state index in [1.54, 1.807) is 0 Å². The van der Waals surface area contributed by atoms with Crippen LogP contribution in [0.1, 0.15) is 11.1 Å². The predicted molar refractivity (Wildman–Crippen MR) is 116 cm³/mol. The first-order chi connectivity index (χ1) is 16.5. The SMILES string of the molecule is Cn1c2c(c(=O)n(Cc3ccc(F)c(F)c3)c1=O)S(=O)(=O)C(C(=O)OCc1ccc(F)cc1)=CN2. The molecule has 0 amide bonds. The summed E-state index contributed by atoms with van der Waals surface area (Å²) in [6.07, 6.45) is 0.795. The fraction of sp³-hybridized carbons (Fsp3) is 0.136. The van der Waals surface area contributed by atoms with Crippen molar-refractivity contribution in [2.45, 2.75) is 18.0 Å². The minimum atomic E-state index is -4.76. The molecule has 0 fully saturated rings. The van der Waals surface area contributed by atoms with Crippen molar-refractivity contribution in [2.75, 3.05) is 5.32 Å². The van der Waals surface area contributed by atoms with Crippen LogP contribution in [-0.2, 0) is 39.6 Å². The minimum absolute atomic E-state index is 0.0266. The van der Waals surface area contributed by atoms with Crippen LogP contribution in [0.3, 0.4) is 0 Å². The molecule has 0 radical (unpaired) electrons. The number of rotatable bonds is 5. The molecule has 0 spiro atoms. The molecular formula is C22H16F3N3O6S. The first-order valence-corrected chi connectivity index (χ1v) is 11.4. The van der Waals surface area contributed by atoms with Gasteiger partial charge in [0.25, 0.3) is 5.56 Å². The third kappa shape index (κ3) is 4.37. The van der Waals surface area contributed by atoms with Gasteiger partial charge in [0, 0.05) is 13.2 Å². The van der Waals surface area contributed by atoms with Crippen molar-refractivity contribution in [2.24, 2.45) is 7.05 Å². The Morgan fingerprint density at radius 3 is 2.31 bits per heavy atom. The lowest BCUT2D eigenvalue weighted by atomic mass is 10.2. The van der Waals surface area contributed by atoms with Crippen LogP contribution < -0.4 is 16.6 Å². The largest absolute Gasteiger partial charge is 0.457 e. The van der Waals surface area contributed by atoms with Crippen LogP contribution in [0.4, 0.5) is 19.0 Å². The molecule has 0 saturated heterocycles. The highest BCUT2D eigenvalue weighted by Crippen LogP contribution is 2.28. The molecule has 0 unspecified atom stereocenters. The number of carbonyl (C=O) groups is 1. The van der Waals surface area contributed by atoms with E-state index in [1.807, 2.05) is 0 Å². The molecule has 13 heteroatoms. The molecule has 182 valence electrons. The Hall–Kier alpha value is -4.13. The zero-order valence-electron chi connectivity index (χ0n) is 17.9. The van der Waals surface area contributed by atoms with E-state index in [1.165, 1.54) is 19.2 Å². The quantitative estimate of drug-likeness (QED) is 0.524. The van der Waals surface area contributed by atoms with Gasteiger partial charge in [-0.15, -0.1) is 0 Å². The van der Waals surface area contributed by atoms with E-state index in [4.69, 9.17) is 4.74 Å². The normalized spacial score (nSPS) is 14.0. The van der Waals surface area contributed by atoms with Gasteiger partial charge >= 0.3 is 11.7 Å². The number of carbonyl (C=O) groups excluding carboxylic acids is 1. The van der Waals surface area contributed by atoms with Crippen LogP contribution in [-0.4, -0.2) is 23.5 Å². The summed E-state index contributed by atoms with van der Waals surface area (Å²) < 4.78 is 72.6. The van der Waals surface area contributed by atoms with E-state index in [0.29, 0.717) is 10.1 Å². The standard InChI is InChI=1S/C22H16F3N3O6S/c1-27-19-18(20(29)28(22(27)31)10-13-4-7-15(24)16(25)8-13)35(32,33)17(9-26-19)21(30)34-11-12-2-5-14(23)6-3-12/h2-9,26H,10-11H2,1H3. The molecule has 1 N–H and O–H groups in total. The summed E-state index contributed by atoms with van der Waals surface area (Å²) >= 11 is 0. The van der Waals surface area contributed by atoms with Crippen LogP contribution in [0.15, 0.2) is 68.1 Å². The van der Waals surface area contributed by atoms with Gasteiger partial charge in [-0.05, 0) is 35.4 Å². The average Bonchev–Trinajstić information content (AvgIpc) is 2.81. The lowest BCUT2D eigenvalue weighted by Gasteiger charge is -2.21. The molecule has 2 aromatic carbocycles. The fourth-order valence-electron chi connectivity index (χ4n) is 3.40. The van der Waals surface area contributed by atoms with E-state index in [2.05, 4.69) is 5.32 Å². The Morgan fingerprint density at radius 1 is 1.00 bits per heavy atom. The summed E-state index contributed by atoms with van der Waals surface area (Å²) in [5, 5.41) is 2.46. The Labute approximate surface area is 195 Å². The highest BCUT2D eigenvalue weighted by Gasteiger charge is 2.38. The third-order valence-corrected chi connectivity index (χ3v) is 6.98. The number of nitrogens with one attached hydrogen (secondary N) is 1. The number of nitrogens with zero attached hydrogens (tertiary/aromatic N) is 2. The van der Waals surface area contributed by atoms with Gasteiger partial charge in [-0.1, -0.05) is 18.2 Å². The minimum Gasteiger partial charge on any atom is -0.457 e. The summed E-state index contributed by atoms with van der Waals surface area (Å²) in [4.78, 5) is 36.6. The number of sulfone groups is 1. The third-order valence-electron chi connectivity index (χ3n) is 5.22. The molecule has 3 aromatic rings. The van der Waals surface area contributed by atoms with Crippen LogP contribution in [0.2, 0.25) is 0 Å². The van der Waals surface area contributed by atoms with E-state index in [0.717, 1.165) is 41.1 Å². The highest BCUT2D eigenvalue weighted by molar-refractivity contribution is 7.96. The molecule has 1 aromatic heterocycles. The molecule has 9 nitrogen and oxygen atoms in total. The second-order valence-corrected chi connectivity index (χ2v) is 9.37. The zero-order chi connectivity index (χ0) is 25.5. The Balaban J connectivity index is 1.70. The molecule has 1 aliphatic rings. The molecule has 0 bridgehead atoms. The average molecular weight is 507 g/mol. The van der Waals surface area contributed by atoms with Crippen LogP contribution in [0.5, 0.6) is 0 Å². The van der Waals surface area contributed by atoms with Crippen molar-refractivity contribution in [3.05, 3.63) is 103 Å². The number of fused-ring (bicyclic) bond motifs is 1. The van der Waals surface area contributed by atoms with Gasteiger partial charge in [0.05, 0.1) is 6.54 Å². The lowest BCUT2D eigenvalue weighted by Crippen LogP contribution is -2.44. The number of hydrogen-bond donors (Lipinski definition) is 1. The first kappa shape index (κ1) is 24.0. The number of esters is 1. The summed E-state index contributed by atoms with van der Waals surface area (Å²) in [6.45, 7) is -0.925. The smallest absolute Gasteiger partial charge is 0.352 e. The summed E-state index contributed by atoms with van der Waals surface area (Å²) in [5.74, 6) is -4.53. The highest BCUT2D eigenvalue weighted by atomic mass is 32.2. The molecule has 0 aliphatic carbocycles. The molecule has 2 heterocycles. The first-order valence-electron chi connectivity index (χ1n) is 9.92. The van der Waals surface area contributed by atoms with E-state index < -0.39 is 60.9 Å². The summed E-state index contributed by atoms with van der Waals surface area (Å²) in [6, 6.07) is 7.65. The number of ether oxygens (including phenoxy) is 1. The monoisotopic (exact) mass is 507 g/mol. The maximum absolute atomic E-state index is 13.6. The Kier molecular flexibility index (Phi) is 6.11. The van der Waals surface area contributed by atoms with Gasteiger partial charge < -0.3 is 10.1 Å². The number of anilines is 1. The molecular weight excluding hydrogens is 491 g/mol. The van der Waals surface area contributed by atoms with Crippen LogP contribution >= 0.6 is 0 Å². The molecule has 0 atom stereocenters. The number of halogens is 3. The topological polar surface area (TPSA) is 116 Å². The van der Waals surface area contributed by atoms with E-state index in [9.17, 15) is 36.0 Å². The molecule has 35 heavy (non-hydrogen) atoms. The van der Waals surface area contributed by atoms with Gasteiger partial charge in [-0.25, -0.2) is 31.2 Å². The molecule has 0 saturated carbocycles. The van der Waals surface area contributed by atoms with Crippen molar-refractivity contribution >= 4 is 21.6 Å². The maximum atomic E-state index is 13.6. The second-order valence-electron chi connectivity index (χ2n) is 7.52. The van der Waals surface area contributed by atoms with Crippen molar-refractivity contribution in [1.29, 1.82) is 0 Å². The van der Waals surface area contributed by atoms with Gasteiger partial charge in [0.15, 0.2) is 21.4 Å². The number of benzene rings is 2. The Morgan fingerprint density at radius 2 is 1.66 bits per heavy atom. The van der Waals surface area contributed by atoms with Crippen molar-refractivity contribution in [1.82, 2.24) is 9.13 Å². The number of hydrogen-bond acceptors (Lipinski definition) is 7. The zero-order valence-corrected chi connectivity index (χ0v) is 18.7. The second kappa shape index (κ2) is 8.91. The summed E-state index contributed by atoms with van der Waals surface area (Å²) in [5.41, 5.74) is -1.79. The Bertz CT molecular complexity index is 1610. The van der Waals surface area contributed by atoms with Crippen LogP contribution in [0.25, 0.3) is 0 Å². The van der Waals surface area contributed by atoms with Crippen molar-refractivity contribution < 1.29 is 31.1 Å². The van der Waals surface area contributed by atoms with Crippen molar-refractivity contribution in [3.8, 4) is 0 Å². The van der Waals surface area contributed by atoms with Crippen molar-refractivity contribution in [3.63, 3.8) is 0 Å². The molecule has 1 aliphatic heterocycles. The maximum Gasteiger partial charge on any atom is 0.352 e. The van der Waals surface area contributed by atoms with Gasteiger partial charge in [-0.3, -0.25) is 13.9 Å². The van der Waals surface area contributed by atoms with Crippen LogP contribution in [0, 0.1) is 17.5 Å². The lowest BCUT2D eigenvalue weighted by molar-refractivity contribution is -0.139. The van der Waals surface area contributed by atoms with E-state index >= 15 is 0 Å². The van der Waals surface area contributed by atoms with Gasteiger partial charge in [0.2, 0.25) is 9.84 Å². The van der Waals surface area contributed by atoms with Gasteiger partial charge in [-0.2, -0.15) is 0 Å². The van der Waals surface area contributed by atoms with E-state index in [-0.39, 0.29) is 18.0 Å². The molecule has 4 rings (SSSR count). The summed E-state index contributed by atoms with van der Waals surface area (Å²) in [7, 11) is -3.56. The number of aromatic nitrogens is 2. The predicted octanol–water partition coefficient (Wildman–Crippen LogP) is 1.80. The fourth-order valence-corrected chi connectivity index (χ4v) is 4.90.